The number of piperazine rings is 1. The SMILES string of the molecule is CC(=O)N1CCN(c2nc3ccccc3cc2S(=O)(=O)NCc2cn(C)nc2C)CC1. The van der Waals surface area contributed by atoms with Crippen LogP contribution in [0.1, 0.15) is 18.2 Å². The molecule has 0 spiro atoms. The molecule has 1 aliphatic heterocycles. The normalized spacial score (nSPS) is 14.9. The van der Waals surface area contributed by atoms with Gasteiger partial charge >= 0.3 is 0 Å². The van der Waals surface area contributed by atoms with Crippen LogP contribution in [0.15, 0.2) is 41.4 Å². The smallest absolute Gasteiger partial charge is 0.244 e. The molecule has 0 radical (unpaired) electrons. The number of carbonyl (C=O) groups excluding carboxylic acids is 1. The van der Waals surface area contributed by atoms with E-state index >= 15 is 0 Å². The monoisotopic (exact) mass is 442 g/mol. The molecule has 0 atom stereocenters. The molecule has 1 amide bonds. The molecular formula is C21H26N6O3S. The van der Waals surface area contributed by atoms with E-state index < -0.39 is 10.0 Å². The van der Waals surface area contributed by atoms with Gasteiger partial charge in [-0.1, -0.05) is 18.2 Å². The molecule has 1 fully saturated rings. The predicted molar refractivity (Wildman–Crippen MR) is 118 cm³/mol. The van der Waals surface area contributed by atoms with Crippen molar-refractivity contribution in [1.82, 2.24) is 24.4 Å². The van der Waals surface area contributed by atoms with Crippen LogP contribution in [0.2, 0.25) is 0 Å². The lowest BCUT2D eigenvalue weighted by Crippen LogP contribution is -2.48. The lowest BCUT2D eigenvalue weighted by molar-refractivity contribution is -0.129. The number of aryl methyl sites for hydroxylation is 2. The van der Waals surface area contributed by atoms with Crippen molar-refractivity contribution >= 4 is 32.7 Å². The molecule has 0 unspecified atom stereocenters. The summed E-state index contributed by atoms with van der Waals surface area (Å²) in [6.07, 6.45) is 1.80. The van der Waals surface area contributed by atoms with Crippen molar-refractivity contribution in [2.45, 2.75) is 25.3 Å². The van der Waals surface area contributed by atoms with Crippen LogP contribution in [0, 0.1) is 6.92 Å². The van der Waals surface area contributed by atoms with Crippen LogP contribution in [0.4, 0.5) is 5.82 Å². The van der Waals surface area contributed by atoms with Crippen molar-refractivity contribution in [2.24, 2.45) is 7.05 Å². The number of para-hydroxylation sites is 1. The highest BCUT2D eigenvalue weighted by Crippen LogP contribution is 2.28. The summed E-state index contributed by atoms with van der Waals surface area (Å²) in [7, 11) is -2.04. The third kappa shape index (κ3) is 4.40. The van der Waals surface area contributed by atoms with E-state index in [0.717, 1.165) is 22.2 Å². The Morgan fingerprint density at radius 3 is 2.52 bits per heavy atom. The van der Waals surface area contributed by atoms with Crippen molar-refractivity contribution in [2.75, 3.05) is 31.1 Å². The fraction of sp³-hybridized carbons (Fsp3) is 0.381. The van der Waals surface area contributed by atoms with Gasteiger partial charge in [0.2, 0.25) is 15.9 Å². The van der Waals surface area contributed by atoms with Gasteiger partial charge in [0, 0.05) is 63.8 Å². The van der Waals surface area contributed by atoms with Gasteiger partial charge in [-0.05, 0) is 19.1 Å². The molecule has 0 aliphatic carbocycles. The Labute approximate surface area is 181 Å². The quantitative estimate of drug-likeness (QED) is 0.642. The number of hydrogen-bond acceptors (Lipinski definition) is 6. The van der Waals surface area contributed by atoms with Crippen LogP contribution < -0.4 is 9.62 Å². The molecule has 9 nitrogen and oxygen atoms in total. The van der Waals surface area contributed by atoms with Gasteiger partial charge in [0.05, 0.1) is 11.2 Å². The Balaban J connectivity index is 1.69. The molecule has 1 aliphatic rings. The van der Waals surface area contributed by atoms with E-state index in [9.17, 15) is 13.2 Å². The number of anilines is 1. The van der Waals surface area contributed by atoms with Crippen molar-refractivity contribution in [1.29, 1.82) is 0 Å². The van der Waals surface area contributed by atoms with E-state index in [4.69, 9.17) is 4.98 Å². The lowest BCUT2D eigenvalue weighted by atomic mass is 10.2. The van der Waals surface area contributed by atoms with E-state index in [-0.39, 0.29) is 17.3 Å². The van der Waals surface area contributed by atoms with Crippen LogP contribution in [0.25, 0.3) is 10.9 Å². The molecule has 0 bridgehead atoms. The van der Waals surface area contributed by atoms with Gasteiger partial charge in [0.15, 0.2) is 0 Å². The van der Waals surface area contributed by atoms with Gasteiger partial charge in [0.25, 0.3) is 0 Å². The fourth-order valence-corrected chi connectivity index (χ4v) is 5.01. The summed E-state index contributed by atoms with van der Waals surface area (Å²) in [5, 5.41) is 5.02. The number of nitrogens with one attached hydrogen (secondary N) is 1. The van der Waals surface area contributed by atoms with E-state index in [1.807, 2.05) is 36.1 Å². The predicted octanol–water partition coefficient (Wildman–Crippen LogP) is 1.42. The topological polar surface area (TPSA) is 100 Å². The van der Waals surface area contributed by atoms with Gasteiger partial charge in [-0.2, -0.15) is 5.10 Å². The van der Waals surface area contributed by atoms with Crippen molar-refractivity contribution < 1.29 is 13.2 Å². The zero-order valence-corrected chi connectivity index (χ0v) is 18.7. The number of aromatic nitrogens is 3. The highest BCUT2D eigenvalue weighted by atomic mass is 32.2. The van der Waals surface area contributed by atoms with E-state index in [2.05, 4.69) is 9.82 Å². The first-order valence-electron chi connectivity index (χ1n) is 10.1. The molecular weight excluding hydrogens is 416 g/mol. The average molecular weight is 443 g/mol. The van der Waals surface area contributed by atoms with Crippen LogP contribution in [-0.2, 0) is 28.4 Å². The van der Waals surface area contributed by atoms with Crippen molar-refractivity contribution in [3.05, 3.63) is 47.8 Å². The molecule has 1 N–H and O–H groups in total. The Bertz CT molecular complexity index is 1230. The second-order valence-corrected chi connectivity index (χ2v) is 9.47. The summed E-state index contributed by atoms with van der Waals surface area (Å²) in [4.78, 5) is 20.2. The molecule has 3 aromatic rings. The van der Waals surface area contributed by atoms with Crippen LogP contribution >= 0.6 is 0 Å². The maximum Gasteiger partial charge on any atom is 0.244 e. The Morgan fingerprint density at radius 2 is 1.87 bits per heavy atom. The highest BCUT2D eigenvalue weighted by molar-refractivity contribution is 7.89. The standard InChI is InChI=1S/C21H26N6O3S/c1-15-18(14-25(3)24-15)13-22-31(29,30)20-12-17-6-4-5-7-19(17)23-21(20)27-10-8-26(9-11-27)16(2)28/h4-7,12,14,22H,8-11,13H2,1-3H3. The number of pyridine rings is 1. The van der Waals surface area contributed by atoms with Crippen LogP contribution in [0.5, 0.6) is 0 Å². The molecule has 2 aromatic heterocycles. The molecule has 31 heavy (non-hydrogen) atoms. The number of sulfonamides is 1. The number of benzene rings is 1. The maximum atomic E-state index is 13.3. The van der Waals surface area contributed by atoms with Gasteiger partial charge < -0.3 is 9.80 Å². The second kappa shape index (κ2) is 8.27. The Kier molecular flexibility index (Phi) is 5.67. The van der Waals surface area contributed by atoms with E-state index in [0.29, 0.717) is 32.0 Å². The summed E-state index contributed by atoms with van der Waals surface area (Å²) >= 11 is 0. The van der Waals surface area contributed by atoms with Gasteiger partial charge in [-0.15, -0.1) is 0 Å². The van der Waals surface area contributed by atoms with Crippen molar-refractivity contribution in [3.8, 4) is 0 Å². The highest BCUT2D eigenvalue weighted by Gasteiger charge is 2.27. The van der Waals surface area contributed by atoms with Crippen LogP contribution in [-0.4, -0.2) is 60.2 Å². The first-order valence-corrected chi connectivity index (χ1v) is 11.6. The third-order valence-corrected chi connectivity index (χ3v) is 6.96. The summed E-state index contributed by atoms with van der Waals surface area (Å²) in [5.74, 6) is 0.435. The molecule has 10 heteroatoms. The van der Waals surface area contributed by atoms with E-state index in [1.165, 1.54) is 0 Å². The van der Waals surface area contributed by atoms with Crippen molar-refractivity contribution in [3.63, 3.8) is 0 Å². The number of fused-ring (bicyclic) bond motifs is 1. The average Bonchev–Trinajstić information content (AvgIpc) is 3.08. The molecule has 1 saturated heterocycles. The zero-order valence-electron chi connectivity index (χ0n) is 17.9. The number of nitrogens with zero attached hydrogens (tertiary/aromatic N) is 5. The van der Waals surface area contributed by atoms with Gasteiger partial charge in [-0.25, -0.2) is 18.1 Å². The fourth-order valence-electron chi connectivity index (χ4n) is 3.82. The van der Waals surface area contributed by atoms with Gasteiger partial charge in [-0.3, -0.25) is 9.48 Å². The van der Waals surface area contributed by atoms with E-state index in [1.54, 1.807) is 35.8 Å². The third-order valence-electron chi connectivity index (χ3n) is 5.55. The molecule has 1 aromatic carbocycles. The number of carbonyl (C=O) groups is 1. The zero-order chi connectivity index (χ0) is 22.2. The minimum Gasteiger partial charge on any atom is -0.352 e. The Hall–Kier alpha value is -2.98. The largest absolute Gasteiger partial charge is 0.352 e. The lowest BCUT2D eigenvalue weighted by Gasteiger charge is -2.35. The molecule has 4 rings (SSSR count). The minimum absolute atomic E-state index is 0.0208. The second-order valence-electron chi connectivity index (χ2n) is 7.73. The molecule has 3 heterocycles. The molecule has 164 valence electrons. The van der Waals surface area contributed by atoms with Gasteiger partial charge in [0.1, 0.15) is 10.7 Å². The summed E-state index contributed by atoms with van der Waals surface area (Å²) in [6, 6.07) is 9.13. The maximum absolute atomic E-state index is 13.3. The minimum atomic E-state index is -3.84. The Morgan fingerprint density at radius 1 is 1.16 bits per heavy atom. The molecule has 0 saturated carbocycles. The number of amides is 1. The first-order chi connectivity index (χ1) is 14.7. The first kappa shape index (κ1) is 21.3. The summed E-state index contributed by atoms with van der Waals surface area (Å²) in [5.41, 5.74) is 2.33. The number of hydrogen-bond donors (Lipinski definition) is 1. The number of rotatable bonds is 5. The summed E-state index contributed by atoms with van der Waals surface area (Å²) < 4.78 is 31.0. The van der Waals surface area contributed by atoms with Crippen LogP contribution in [0.3, 0.4) is 0 Å². The summed E-state index contributed by atoms with van der Waals surface area (Å²) in [6.45, 7) is 5.65.